The lowest BCUT2D eigenvalue weighted by atomic mass is 10.4. The Morgan fingerprint density at radius 2 is 2.50 bits per heavy atom. The van der Waals surface area contributed by atoms with Gasteiger partial charge in [-0.05, 0) is 0 Å². The summed E-state index contributed by atoms with van der Waals surface area (Å²) in [5.74, 6) is -0.572. The zero-order valence-electron chi connectivity index (χ0n) is 3.24. The summed E-state index contributed by atoms with van der Waals surface area (Å²) < 4.78 is 11.3. The van der Waals surface area contributed by atoms with Crippen LogP contribution in [0.15, 0.2) is 12.4 Å². The molecule has 1 nitrogen and oxygen atoms in total. The minimum absolute atomic E-state index is 0.181. The minimum atomic E-state index is -0.572. The van der Waals surface area contributed by atoms with Crippen molar-refractivity contribution in [2.45, 2.75) is 6.42 Å². The highest BCUT2D eigenvalue weighted by Crippen LogP contribution is 1.93. The van der Waals surface area contributed by atoms with Gasteiger partial charge in [0, 0.05) is 0 Å². The molecule has 0 aromatic carbocycles. The van der Waals surface area contributed by atoms with Crippen LogP contribution >= 0.6 is 0 Å². The predicted molar refractivity (Wildman–Crippen MR) is 20.5 cm³/mol. The van der Waals surface area contributed by atoms with Crippen molar-refractivity contribution in [3.8, 4) is 6.07 Å². The van der Waals surface area contributed by atoms with Crippen molar-refractivity contribution in [2.24, 2.45) is 0 Å². The minimum Gasteiger partial charge on any atom is -0.211 e. The van der Waals surface area contributed by atoms with Crippen LogP contribution in [-0.4, -0.2) is 0 Å². The maximum atomic E-state index is 11.3. The van der Waals surface area contributed by atoms with Gasteiger partial charge in [0.2, 0.25) is 0 Å². The number of nitriles is 1. The molecule has 0 fully saturated rings. The first-order valence-corrected chi connectivity index (χ1v) is 1.47. The van der Waals surface area contributed by atoms with Gasteiger partial charge in [0.05, 0.1) is 12.5 Å². The van der Waals surface area contributed by atoms with Crippen molar-refractivity contribution in [1.29, 1.82) is 5.26 Å². The van der Waals surface area contributed by atoms with Crippen LogP contribution in [0.3, 0.4) is 0 Å². The summed E-state index contributed by atoms with van der Waals surface area (Å²) in [4.78, 5) is 0. The van der Waals surface area contributed by atoms with E-state index in [0.717, 1.165) is 0 Å². The molecule has 0 saturated carbocycles. The molecule has 0 bridgehead atoms. The number of nitrogens with zero attached hydrogens (tertiary/aromatic N) is 1. The largest absolute Gasteiger partial charge is 0.211 e. The molecule has 0 aliphatic heterocycles. The first-order chi connectivity index (χ1) is 2.77. The first-order valence-electron chi connectivity index (χ1n) is 1.47. The molecule has 0 amide bonds. The normalized spacial score (nSPS) is 6.67. The molecule has 0 rings (SSSR count). The fourth-order valence-corrected chi connectivity index (χ4v) is 0.0858. The molecule has 0 heterocycles. The lowest BCUT2D eigenvalue weighted by Gasteiger charge is -1.72. The van der Waals surface area contributed by atoms with E-state index in [-0.39, 0.29) is 6.42 Å². The molecule has 2 heteroatoms. The van der Waals surface area contributed by atoms with Gasteiger partial charge < -0.3 is 0 Å². The molecule has 0 saturated heterocycles. The van der Waals surface area contributed by atoms with E-state index >= 15 is 0 Å². The summed E-state index contributed by atoms with van der Waals surface area (Å²) in [5, 5.41) is 7.69. The van der Waals surface area contributed by atoms with Crippen LogP contribution in [0, 0.1) is 11.3 Å². The number of allylic oxidation sites excluding steroid dienone is 1. The third-order valence-corrected chi connectivity index (χ3v) is 0.271. The average molecular weight is 85.1 g/mol. The maximum Gasteiger partial charge on any atom is 0.107 e. The molecule has 0 aromatic rings. The van der Waals surface area contributed by atoms with E-state index in [4.69, 9.17) is 5.26 Å². The molecular weight excluding hydrogens is 81.0 g/mol. The van der Waals surface area contributed by atoms with Gasteiger partial charge in [-0.1, -0.05) is 6.58 Å². The monoisotopic (exact) mass is 85.0 g/mol. The molecule has 0 aromatic heterocycles. The number of hydrogen-bond donors (Lipinski definition) is 0. The molecule has 0 aliphatic carbocycles. The van der Waals surface area contributed by atoms with Crippen molar-refractivity contribution in [1.82, 2.24) is 0 Å². The van der Waals surface area contributed by atoms with Crippen LogP contribution in [0.25, 0.3) is 0 Å². The van der Waals surface area contributed by atoms with Crippen LogP contribution in [0.2, 0.25) is 0 Å². The zero-order chi connectivity index (χ0) is 4.99. The Bertz CT molecular complexity index is 90.2. The lowest BCUT2D eigenvalue weighted by molar-refractivity contribution is 0.625. The van der Waals surface area contributed by atoms with E-state index in [1.165, 1.54) is 0 Å². The van der Waals surface area contributed by atoms with Crippen molar-refractivity contribution in [3.05, 3.63) is 12.4 Å². The van der Waals surface area contributed by atoms with Gasteiger partial charge in [-0.2, -0.15) is 5.26 Å². The van der Waals surface area contributed by atoms with Gasteiger partial charge in [-0.25, -0.2) is 4.39 Å². The van der Waals surface area contributed by atoms with Gasteiger partial charge in [0.1, 0.15) is 5.83 Å². The Morgan fingerprint density at radius 3 is 2.50 bits per heavy atom. The second-order valence-electron chi connectivity index (χ2n) is 0.852. The second-order valence-corrected chi connectivity index (χ2v) is 0.852. The number of rotatable bonds is 1. The number of halogens is 1. The van der Waals surface area contributed by atoms with Gasteiger partial charge >= 0.3 is 0 Å². The van der Waals surface area contributed by atoms with Crippen LogP contribution < -0.4 is 0 Å². The summed E-state index contributed by atoms with van der Waals surface area (Å²) in [7, 11) is 0. The zero-order valence-corrected chi connectivity index (χ0v) is 3.24. The van der Waals surface area contributed by atoms with Crippen molar-refractivity contribution >= 4 is 0 Å². The van der Waals surface area contributed by atoms with E-state index in [0.29, 0.717) is 0 Å². The summed E-state index contributed by atoms with van der Waals surface area (Å²) >= 11 is 0. The van der Waals surface area contributed by atoms with Crippen molar-refractivity contribution in [3.63, 3.8) is 0 Å². The highest BCUT2D eigenvalue weighted by atomic mass is 19.1. The summed E-state index contributed by atoms with van der Waals surface area (Å²) in [6, 6.07) is 1.59. The van der Waals surface area contributed by atoms with Crippen LogP contribution in [0.1, 0.15) is 6.42 Å². The Kier molecular flexibility index (Phi) is 2.06. The van der Waals surface area contributed by atoms with Crippen molar-refractivity contribution < 1.29 is 4.39 Å². The molecule has 0 unspecified atom stereocenters. The van der Waals surface area contributed by atoms with Crippen LogP contribution in [0.4, 0.5) is 4.39 Å². The number of hydrogen-bond acceptors (Lipinski definition) is 1. The Hall–Kier alpha value is -0.840. The van der Waals surface area contributed by atoms with Crippen LogP contribution in [0.5, 0.6) is 0 Å². The molecule has 0 atom stereocenters. The molecule has 0 spiro atoms. The Balaban J connectivity index is 3.13. The summed E-state index contributed by atoms with van der Waals surface area (Å²) in [6.07, 6.45) is -0.181. The summed E-state index contributed by atoms with van der Waals surface area (Å²) in [6.45, 7) is 2.86. The highest BCUT2D eigenvalue weighted by molar-refractivity contribution is 4.91. The SMILES string of the molecule is C=C(F)CC#N. The standard InChI is InChI=1S/C4H4FN/c1-4(5)2-3-6/h1-2H2. The van der Waals surface area contributed by atoms with E-state index in [1.54, 1.807) is 6.07 Å². The van der Waals surface area contributed by atoms with E-state index in [2.05, 4.69) is 6.58 Å². The fourth-order valence-electron chi connectivity index (χ4n) is 0.0858. The molecule has 6 heavy (non-hydrogen) atoms. The molecule has 0 radical (unpaired) electrons. The lowest BCUT2D eigenvalue weighted by Crippen LogP contribution is -1.60. The van der Waals surface area contributed by atoms with Crippen molar-refractivity contribution in [2.75, 3.05) is 0 Å². The van der Waals surface area contributed by atoms with Gasteiger partial charge in [0.25, 0.3) is 0 Å². The Morgan fingerprint density at radius 1 is 2.00 bits per heavy atom. The van der Waals surface area contributed by atoms with E-state index < -0.39 is 5.83 Å². The molecule has 0 aliphatic rings. The quantitative estimate of drug-likeness (QED) is 0.472. The van der Waals surface area contributed by atoms with Gasteiger partial charge in [0.15, 0.2) is 0 Å². The molecule has 32 valence electrons. The summed E-state index contributed by atoms with van der Waals surface area (Å²) in [5.41, 5.74) is 0. The van der Waals surface area contributed by atoms with Crippen LogP contribution in [-0.2, 0) is 0 Å². The maximum absolute atomic E-state index is 11.3. The fraction of sp³-hybridized carbons (Fsp3) is 0.250. The molecule has 0 N–H and O–H groups in total. The smallest absolute Gasteiger partial charge is 0.107 e. The van der Waals surface area contributed by atoms with Gasteiger partial charge in [-0.3, -0.25) is 0 Å². The van der Waals surface area contributed by atoms with E-state index in [9.17, 15) is 4.39 Å². The Labute approximate surface area is 35.7 Å². The third kappa shape index (κ3) is 3.16. The third-order valence-electron chi connectivity index (χ3n) is 0.271. The molecular formula is C4H4FN. The second kappa shape index (κ2) is 2.40. The first kappa shape index (κ1) is 5.16. The predicted octanol–water partition coefficient (Wildman–Crippen LogP) is 1.38. The van der Waals surface area contributed by atoms with Gasteiger partial charge in [-0.15, -0.1) is 0 Å². The topological polar surface area (TPSA) is 23.8 Å². The highest BCUT2D eigenvalue weighted by Gasteiger charge is 1.80. The average Bonchev–Trinajstić information content (AvgIpc) is 1.35. The van der Waals surface area contributed by atoms with E-state index in [1.807, 2.05) is 0 Å².